The number of fused-ring (bicyclic) bond motifs is 5. The van der Waals surface area contributed by atoms with Gasteiger partial charge in [-0.3, -0.25) is 4.57 Å². The van der Waals surface area contributed by atoms with E-state index < -0.39 is 0 Å². The van der Waals surface area contributed by atoms with Crippen molar-refractivity contribution in [2.24, 2.45) is 0 Å². The van der Waals surface area contributed by atoms with E-state index in [4.69, 9.17) is 4.98 Å². The van der Waals surface area contributed by atoms with Crippen molar-refractivity contribution in [3.05, 3.63) is 218 Å². The molecule has 0 spiro atoms. The van der Waals surface area contributed by atoms with E-state index in [0.29, 0.717) is 0 Å². The van der Waals surface area contributed by atoms with Crippen LogP contribution in [0, 0.1) is 0 Å². The second-order valence-electron chi connectivity index (χ2n) is 14.5. The fraction of sp³-hybridized carbons (Fsp3) is 0. The SMILES string of the molecule is c1ccc(-n2c(-c3ccc(N(c4ccc(-c5ccc6ccccc6c5)cc4)c4ccc5c(c4)c4ccccc4n5-c4ccccc4)cc3)nc3ccccc32)cc1. The second-order valence-corrected chi connectivity index (χ2v) is 14.5. The highest BCUT2D eigenvalue weighted by molar-refractivity contribution is 6.10. The summed E-state index contributed by atoms with van der Waals surface area (Å²) in [6, 6.07) is 78.1. The molecule has 0 aliphatic carbocycles. The number of para-hydroxylation sites is 5. The van der Waals surface area contributed by atoms with E-state index in [1.165, 1.54) is 43.7 Å². The van der Waals surface area contributed by atoms with Crippen LogP contribution in [0.5, 0.6) is 0 Å². The van der Waals surface area contributed by atoms with E-state index in [-0.39, 0.29) is 0 Å². The van der Waals surface area contributed by atoms with E-state index in [0.717, 1.165) is 50.9 Å². The van der Waals surface area contributed by atoms with E-state index >= 15 is 0 Å². The van der Waals surface area contributed by atoms with Crippen LogP contribution in [-0.2, 0) is 0 Å². The summed E-state index contributed by atoms with van der Waals surface area (Å²) >= 11 is 0. The van der Waals surface area contributed by atoms with Crippen LogP contribution in [0.4, 0.5) is 17.1 Å². The van der Waals surface area contributed by atoms with Gasteiger partial charge in [-0.1, -0.05) is 115 Å². The van der Waals surface area contributed by atoms with Crippen molar-refractivity contribution in [1.29, 1.82) is 0 Å². The van der Waals surface area contributed by atoms with Crippen LogP contribution < -0.4 is 4.90 Å². The van der Waals surface area contributed by atoms with Crippen molar-refractivity contribution in [1.82, 2.24) is 14.1 Å². The van der Waals surface area contributed by atoms with Crippen LogP contribution in [-0.4, -0.2) is 14.1 Å². The van der Waals surface area contributed by atoms with Crippen LogP contribution in [0.1, 0.15) is 0 Å². The first-order chi connectivity index (χ1) is 28.3. The minimum absolute atomic E-state index is 0.912. The third-order valence-electron chi connectivity index (χ3n) is 11.1. The van der Waals surface area contributed by atoms with Crippen LogP contribution in [0.25, 0.3) is 77.5 Å². The van der Waals surface area contributed by atoms with Crippen LogP contribution in [0.2, 0.25) is 0 Å². The number of nitrogens with zero attached hydrogens (tertiary/aromatic N) is 4. The lowest BCUT2D eigenvalue weighted by Gasteiger charge is -2.26. The zero-order valence-corrected chi connectivity index (χ0v) is 31.1. The summed E-state index contributed by atoms with van der Waals surface area (Å²) in [5, 5.41) is 4.92. The molecule has 4 nitrogen and oxygen atoms in total. The minimum atomic E-state index is 0.912. The van der Waals surface area contributed by atoms with Crippen LogP contribution in [0.15, 0.2) is 218 Å². The molecule has 0 amide bonds. The maximum Gasteiger partial charge on any atom is 0.145 e. The van der Waals surface area contributed by atoms with Crippen molar-refractivity contribution >= 4 is 60.7 Å². The van der Waals surface area contributed by atoms with E-state index in [9.17, 15) is 0 Å². The molecule has 0 saturated carbocycles. The summed E-state index contributed by atoms with van der Waals surface area (Å²) in [7, 11) is 0. The normalized spacial score (nSPS) is 11.5. The Kier molecular flexibility index (Phi) is 7.78. The highest BCUT2D eigenvalue weighted by Gasteiger charge is 2.19. The third-order valence-corrected chi connectivity index (χ3v) is 11.1. The number of aromatic nitrogens is 3. The number of hydrogen-bond acceptors (Lipinski definition) is 2. The third kappa shape index (κ3) is 5.66. The molecule has 0 unspecified atom stereocenters. The Morgan fingerprint density at radius 3 is 1.61 bits per heavy atom. The molecule has 57 heavy (non-hydrogen) atoms. The number of benzene rings is 9. The van der Waals surface area contributed by atoms with Gasteiger partial charge in [0.2, 0.25) is 0 Å². The molecule has 0 atom stereocenters. The summed E-state index contributed by atoms with van der Waals surface area (Å²) in [6.45, 7) is 0. The Bertz CT molecular complexity index is 3210. The molecular formula is C53H36N4. The van der Waals surface area contributed by atoms with E-state index in [1.807, 2.05) is 0 Å². The van der Waals surface area contributed by atoms with Gasteiger partial charge in [-0.05, 0) is 125 Å². The Hall–Kier alpha value is -7.69. The first-order valence-corrected chi connectivity index (χ1v) is 19.4. The predicted molar refractivity (Wildman–Crippen MR) is 238 cm³/mol. The van der Waals surface area contributed by atoms with Crippen molar-refractivity contribution in [3.8, 4) is 33.9 Å². The zero-order chi connectivity index (χ0) is 37.7. The minimum Gasteiger partial charge on any atom is -0.310 e. The summed E-state index contributed by atoms with van der Waals surface area (Å²) < 4.78 is 4.62. The summed E-state index contributed by atoms with van der Waals surface area (Å²) in [4.78, 5) is 7.51. The van der Waals surface area contributed by atoms with E-state index in [1.54, 1.807) is 0 Å². The van der Waals surface area contributed by atoms with Crippen LogP contribution in [0.3, 0.4) is 0 Å². The Morgan fingerprint density at radius 1 is 0.333 bits per heavy atom. The molecule has 0 aliphatic heterocycles. The molecule has 9 aromatic carbocycles. The van der Waals surface area contributed by atoms with Gasteiger partial charge in [0.25, 0.3) is 0 Å². The summed E-state index contributed by atoms with van der Waals surface area (Å²) in [5.41, 5.74) is 13.3. The number of rotatable bonds is 7. The Balaban J connectivity index is 1.06. The van der Waals surface area contributed by atoms with Crippen LogP contribution >= 0.6 is 0 Å². The molecule has 2 aromatic heterocycles. The topological polar surface area (TPSA) is 26.0 Å². The van der Waals surface area contributed by atoms with Gasteiger partial charge in [0.05, 0.1) is 22.1 Å². The Morgan fingerprint density at radius 2 is 0.877 bits per heavy atom. The monoisotopic (exact) mass is 728 g/mol. The van der Waals surface area contributed by atoms with Gasteiger partial charge in [0.1, 0.15) is 5.82 Å². The average Bonchev–Trinajstić information content (AvgIpc) is 3.84. The second kappa shape index (κ2) is 13.6. The summed E-state index contributed by atoms with van der Waals surface area (Å²) in [5.74, 6) is 0.912. The highest BCUT2D eigenvalue weighted by atomic mass is 15.1. The molecule has 268 valence electrons. The number of anilines is 3. The molecule has 0 radical (unpaired) electrons. The quantitative estimate of drug-likeness (QED) is 0.163. The predicted octanol–water partition coefficient (Wildman–Crippen LogP) is 14.1. The molecule has 0 fully saturated rings. The van der Waals surface area contributed by atoms with Gasteiger partial charge in [-0.25, -0.2) is 4.98 Å². The molecule has 11 rings (SSSR count). The molecule has 11 aromatic rings. The standard InChI is InChI=1S/C53H36N4/c1-3-15-42(16-4-1)56-50-21-11-9-19-47(50)48-36-46(33-34-51(48)56)55(44-29-25-38(26-30-44)41-24-23-37-13-7-8-14-40(37)35-41)45-31-27-39(28-32-45)53-54-49-20-10-12-22-52(49)57(53)43-17-5-2-6-18-43/h1-36H. The molecule has 2 heterocycles. The highest BCUT2D eigenvalue weighted by Crippen LogP contribution is 2.41. The smallest absolute Gasteiger partial charge is 0.145 e. The first-order valence-electron chi connectivity index (χ1n) is 19.4. The van der Waals surface area contributed by atoms with Crippen molar-refractivity contribution < 1.29 is 0 Å². The fourth-order valence-electron chi connectivity index (χ4n) is 8.39. The van der Waals surface area contributed by atoms with Gasteiger partial charge >= 0.3 is 0 Å². The molecule has 4 heteroatoms. The molecule has 0 bridgehead atoms. The Labute approximate surface area is 330 Å². The fourth-order valence-corrected chi connectivity index (χ4v) is 8.39. The lowest BCUT2D eigenvalue weighted by Crippen LogP contribution is -2.10. The zero-order valence-electron chi connectivity index (χ0n) is 31.1. The number of hydrogen-bond donors (Lipinski definition) is 0. The first kappa shape index (κ1) is 32.7. The van der Waals surface area contributed by atoms with Crippen molar-refractivity contribution in [2.45, 2.75) is 0 Å². The maximum atomic E-state index is 5.14. The maximum absolute atomic E-state index is 5.14. The van der Waals surface area contributed by atoms with Gasteiger partial charge in [0.15, 0.2) is 0 Å². The summed E-state index contributed by atoms with van der Waals surface area (Å²) in [6.07, 6.45) is 0. The average molecular weight is 729 g/mol. The largest absolute Gasteiger partial charge is 0.310 e. The van der Waals surface area contributed by atoms with Gasteiger partial charge < -0.3 is 9.47 Å². The number of imidazole rings is 1. The molecular weight excluding hydrogens is 693 g/mol. The van der Waals surface area contributed by atoms with Gasteiger partial charge in [-0.15, -0.1) is 0 Å². The van der Waals surface area contributed by atoms with Gasteiger partial charge in [-0.2, -0.15) is 0 Å². The van der Waals surface area contributed by atoms with Crippen molar-refractivity contribution in [3.63, 3.8) is 0 Å². The lowest BCUT2D eigenvalue weighted by atomic mass is 10.0. The molecule has 0 aliphatic rings. The lowest BCUT2D eigenvalue weighted by molar-refractivity contribution is 1.10. The molecule has 0 saturated heterocycles. The van der Waals surface area contributed by atoms with Gasteiger partial charge in [0, 0.05) is 44.8 Å². The van der Waals surface area contributed by atoms with Crippen molar-refractivity contribution in [2.75, 3.05) is 4.90 Å². The van der Waals surface area contributed by atoms with E-state index in [2.05, 4.69) is 232 Å². The molecule has 0 N–H and O–H groups in total.